The third-order valence-corrected chi connectivity index (χ3v) is 9.97. The molecule has 0 saturated heterocycles. The molecule has 1 amide bonds. The number of fused-ring (bicyclic) bond motifs is 5. The summed E-state index contributed by atoms with van der Waals surface area (Å²) in [6.07, 6.45) is 9.56. The molecule has 9 nitrogen and oxygen atoms in total. The van der Waals surface area contributed by atoms with E-state index in [0.29, 0.717) is 53.0 Å². The van der Waals surface area contributed by atoms with E-state index in [-0.39, 0.29) is 72.9 Å². The summed E-state index contributed by atoms with van der Waals surface area (Å²) in [5.74, 6) is 12.4. The predicted molar refractivity (Wildman–Crippen MR) is 219 cm³/mol. The SMILES string of the molecule is C.C.C.CC/C=C1\C2=C(C)C(=O)C[C@@]1(O)C#C/C=C\C#C[C@@H]2OCCCOc1cc2c(cc1OCCO)C(=O)N1C=C(c3cc4ccccc4[nH]3)CC1CC2. The number of carbonyl (C=O) groups excluding carboxylic acids is 2. The van der Waals surface area contributed by atoms with Crippen LogP contribution in [0.5, 0.6) is 11.5 Å². The van der Waals surface area contributed by atoms with E-state index in [0.717, 1.165) is 40.6 Å². The van der Waals surface area contributed by atoms with Crippen LogP contribution in [0.15, 0.2) is 83.6 Å². The molecule has 55 heavy (non-hydrogen) atoms. The molecule has 3 heterocycles. The second kappa shape index (κ2) is 18.3. The summed E-state index contributed by atoms with van der Waals surface area (Å²) in [5, 5.41) is 22.2. The first-order chi connectivity index (χ1) is 25.3. The molecule has 1 unspecified atom stereocenters. The average molecular weight is 747 g/mol. The molecular weight excluding hydrogens is 693 g/mol. The van der Waals surface area contributed by atoms with Crippen molar-refractivity contribution in [1.29, 1.82) is 0 Å². The zero-order valence-corrected chi connectivity index (χ0v) is 29.5. The van der Waals surface area contributed by atoms with Crippen molar-refractivity contribution < 1.29 is 34.0 Å². The van der Waals surface area contributed by atoms with Crippen LogP contribution in [0.2, 0.25) is 0 Å². The van der Waals surface area contributed by atoms with E-state index >= 15 is 0 Å². The number of allylic oxidation sites excluding steroid dienone is 4. The van der Waals surface area contributed by atoms with Crippen LogP contribution in [-0.4, -0.2) is 76.0 Å². The number of aliphatic hydroxyl groups excluding tert-OH is 1. The summed E-state index contributed by atoms with van der Waals surface area (Å²) in [5.41, 5.74) is 4.70. The number of nitrogens with one attached hydrogen (secondary N) is 1. The largest absolute Gasteiger partial charge is 0.490 e. The summed E-state index contributed by atoms with van der Waals surface area (Å²) in [6, 6.07) is 14.0. The first kappa shape index (κ1) is 42.4. The second-order valence-corrected chi connectivity index (χ2v) is 13.4. The van der Waals surface area contributed by atoms with E-state index in [2.05, 4.69) is 46.9 Å². The van der Waals surface area contributed by atoms with E-state index in [9.17, 15) is 19.8 Å². The Labute approximate surface area is 325 Å². The van der Waals surface area contributed by atoms with Crippen molar-refractivity contribution in [1.82, 2.24) is 9.88 Å². The maximum atomic E-state index is 14.0. The summed E-state index contributed by atoms with van der Waals surface area (Å²) in [7, 11) is 0. The molecule has 7 rings (SSSR count). The lowest BCUT2D eigenvalue weighted by Crippen LogP contribution is -2.41. The number of H-pyrrole nitrogens is 1. The normalized spacial score (nSPS) is 22.3. The van der Waals surface area contributed by atoms with Crippen LogP contribution in [0.4, 0.5) is 0 Å². The zero-order chi connectivity index (χ0) is 36.2. The Balaban J connectivity index is 0.00000224. The Bertz CT molecular complexity index is 2130. The fourth-order valence-corrected chi connectivity index (χ4v) is 7.40. The number of aliphatic hydroxyl groups is 2. The standard InChI is InChI=1S/C43H42N2O7.3CH4/c1-3-11-34-41-28(2)37(47)26-43(34,49)17-9-5-4-6-14-38(41)50-19-10-20-51-39-24-29-15-16-32-22-31(36-23-30-12-7-8-13-35(30)44-36)27-45(32)42(48)33(29)25-40(39)52-21-18-46;;;/h4-5,7-8,11-13,23-25,27,32,38,44,46,49H,3,10,15-16,18-22,26H2,1-2H3;3*1H4/b5-4-,34-11+;;;/t32?,38-,43-;;;/m0.../s1. The van der Waals surface area contributed by atoms with Gasteiger partial charge in [-0.3, -0.25) is 9.59 Å². The van der Waals surface area contributed by atoms with Crippen LogP contribution in [0.1, 0.15) is 89.8 Å². The van der Waals surface area contributed by atoms with Gasteiger partial charge in [-0.15, -0.1) is 0 Å². The Morgan fingerprint density at radius 1 is 1.02 bits per heavy atom. The fraction of sp³-hybridized carbons (Fsp3) is 0.391. The zero-order valence-electron chi connectivity index (χ0n) is 29.5. The molecule has 2 bridgehead atoms. The predicted octanol–water partition coefficient (Wildman–Crippen LogP) is 7.74. The Morgan fingerprint density at radius 2 is 1.78 bits per heavy atom. The van der Waals surface area contributed by atoms with Gasteiger partial charge in [0.15, 0.2) is 22.9 Å². The van der Waals surface area contributed by atoms with Crippen molar-refractivity contribution in [2.24, 2.45) is 0 Å². The van der Waals surface area contributed by atoms with Crippen molar-refractivity contribution in [3.05, 3.63) is 100 Å². The molecule has 0 saturated carbocycles. The summed E-state index contributed by atoms with van der Waals surface area (Å²) in [6.45, 7) is 4.11. The molecule has 3 atom stereocenters. The number of benzene rings is 2. The number of carbonyl (C=O) groups is 2. The monoisotopic (exact) mass is 746 g/mol. The average Bonchev–Trinajstić information content (AvgIpc) is 3.75. The Kier molecular flexibility index (Phi) is 14.1. The van der Waals surface area contributed by atoms with Crippen LogP contribution in [0, 0.1) is 23.7 Å². The van der Waals surface area contributed by atoms with E-state index in [1.165, 1.54) is 0 Å². The molecule has 0 fully saturated rings. The van der Waals surface area contributed by atoms with E-state index in [1.807, 2.05) is 42.3 Å². The maximum absolute atomic E-state index is 14.0. The van der Waals surface area contributed by atoms with Gasteiger partial charge in [0.05, 0.1) is 26.2 Å². The molecule has 290 valence electrons. The van der Waals surface area contributed by atoms with Gasteiger partial charge >= 0.3 is 0 Å². The van der Waals surface area contributed by atoms with Crippen LogP contribution in [-0.2, 0) is 16.0 Å². The van der Waals surface area contributed by atoms with Crippen molar-refractivity contribution >= 4 is 28.2 Å². The molecule has 2 aliphatic carbocycles. The third kappa shape index (κ3) is 8.66. The van der Waals surface area contributed by atoms with Gasteiger partial charge in [-0.1, -0.05) is 77.2 Å². The number of ether oxygens (including phenoxy) is 3. The molecule has 3 aromatic rings. The molecule has 0 radical (unpaired) electrons. The van der Waals surface area contributed by atoms with Crippen molar-refractivity contribution in [3.8, 4) is 35.2 Å². The Hall–Kier alpha value is -5.32. The number of rotatable bonds is 11. The third-order valence-electron chi connectivity index (χ3n) is 9.97. The summed E-state index contributed by atoms with van der Waals surface area (Å²) < 4.78 is 18.4. The van der Waals surface area contributed by atoms with Gasteiger partial charge in [0.1, 0.15) is 12.7 Å². The second-order valence-electron chi connectivity index (χ2n) is 13.4. The highest BCUT2D eigenvalue weighted by Crippen LogP contribution is 2.41. The topological polar surface area (TPSA) is 121 Å². The van der Waals surface area contributed by atoms with Gasteiger partial charge < -0.3 is 34.3 Å². The molecule has 9 heteroatoms. The van der Waals surface area contributed by atoms with Gasteiger partial charge in [-0.05, 0) is 96.7 Å². The number of nitrogens with zero attached hydrogens (tertiary/aromatic N) is 1. The van der Waals surface area contributed by atoms with Crippen LogP contribution >= 0.6 is 0 Å². The highest BCUT2D eigenvalue weighted by atomic mass is 16.5. The van der Waals surface area contributed by atoms with Crippen LogP contribution < -0.4 is 9.47 Å². The first-order valence-electron chi connectivity index (χ1n) is 17.9. The number of amides is 1. The number of Topliss-reactive ketones (excluding diaryl/α,β-unsaturated/α-hetero) is 1. The van der Waals surface area contributed by atoms with Gasteiger partial charge in [-0.2, -0.15) is 0 Å². The molecule has 1 aromatic heterocycles. The van der Waals surface area contributed by atoms with Crippen molar-refractivity contribution in [2.45, 2.75) is 92.4 Å². The minimum atomic E-state index is -1.61. The van der Waals surface area contributed by atoms with Crippen LogP contribution in [0.25, 0.3) is 16.5 Å². The van der Waals surface area contributed by atoms with Gasteiger partial charge in [0.2, 0.25) is 0 Å². The number of hydrogen-bond donors (Lipinski definition) is 3. The number of aryl methyl sites for hydroxylation is 1. The highest BCUT2D eigenvalue weighted by Gasteiger charge is 2.42. The summed E-state index contributed by atoms with van der Waals surface area (Å²) in [4.78, 5) is 32.3. The molecule has 2 aliphatic heterocycles. The number of para-hydroxylation sites is 1. The number of aromatic nitrogens is 1. The fourth-order valence-electron chi connectivity index (χ4n) is 7.40. The molecule has 3 N–H and O–H groups in total. The maximum Gasteiger partial charge on any atom is 0.258 e. The molecule has 0 spiro atoms. The number of ketones is 1. The number of aromatic amines is 1. The highest BCUT2D eigenvalue weighted by molar-refractivity contribution is 6.01. The smallest absolute Gasteiger partial charge is 0.258 e. The van der Waals surface area contributed by atoms with Gasteiger partial charge in [0.25, 0.3) is 5.91 Å². The number of hydrogen-bond acceptors (Lipinski definition) is 7. The lowest BCUT2D eigenvalue weighted by molar-refractivity contribution is -0.118. The lowest BCUT2D eigenvalue weighted by atomic mass is 9.73. The Morgan fingerprint density at radius 3 is 2.56 bits per heavy atom. The van der Waals surface area contributed by atoms with E-state index < -0.39 is 11.7 Å². The lowest BCUT2D eigenvalue weighted by Gasteiger charge is -2.35. The minimum Gasteiger partial charge on any atom is -0.490 e. The molecular formula is C46H54N2O7. The molecule has 2 aromatic carbocycles. The van der Waals surface area contributed by atoms with Crippen LogP contribution in [0.3, 0.4) is 0 Å². The first-order valence-corrected chi connectivity index (χ1v) is 17.9. The van der Waals surface area contributed by atoms with Crippen molar-refractivity contribution in [3.63, 3.8) is 0 Å². The van der Waals surface area contributed by atoms with Gasteiger partial charge in [0, 0.05) is 41.0 Å². The quantitative estimate of drug-likeness (QED) is 0.136. The van der Waals surface area contributed by atoms with E-state index in [1.54, 1.807) is 25.1 Å². The molecule has 4 aliphatic rings. The van der Waals surface area contributed by atoms with E-state index in [4.69, 9.17) is 14.2 Å². The minimum absolute atomic E-state index is 0. The van der Waals surface area contributed by atoms with Gasteiger partial charge in [-0.25, -0.2) is 0 Å². The summed E-state index contributed by atoms with van der Waals surface area (Å²) >= 11 is 0. The van der Waals surface area contributed by atoms with Crippen molar-refractivity contribution in [2.75, 3.05) is 26.4 Å².